The smallest absolute Gasteiger partial charge is 0.338 e. The minimum Gasteiger partial charge on any atom is -0.451 e. The van der Waals surface area contributed by atoms with E-state index in [-0.39, 0.29) is 16.2 Å². The Labute approximate surface area is 118 Å². The van der Waals surface area contributed by atoms with Gasteiger partial charge in [0.05, 0.1) is 10.5 Å². The maximum atomic E-state index is 11.8. The van der Waals surface area contributed by atoms with Gasteiger partial charge >= 0.3 is 5.97 Å². The number of ketones is 1. The minimum absolute atomic E-state index is 0.0821. The van der Waals surface area contributed by atoms with Crippen LogP contribution in [0.2, 0.25) is 0 Å². The monoisotopic (exact) mass is 299 g/mol. The van der Waals surface area contributed by atoms with Crippen LogP contribution >= 0.6 is 0 Å². The molecule has 0 saturated heterocycles. The molecular weight excluding hydrogens is 282 g/mol. The number of Topliss-reactive ketones (excluding diaryl/α,β-unsaturated/α-hetero) is 1. The number of benzene rings is 1. The third-order valence-corrected chi connectivity index (χ3v) is 4.55. The van der Waals surface area contributed by atoms with E-state index in [0.29, 0.717) is 0 Å². The molecule has 0 unspecified atom stereocenters. The van der Waals surface area contributed by atoms with E-state index in [4.69, 9.17) is 4.74 Å². The first kappa shape index (κ1) is 16.3. The van der Waals surface area contributed by atoms with Gasteiger partial charge in [0.1, 0.15) is 0 Å². The molecule has 0 radical (unpaired) electrons. The Kier molecular flexibility index (Phi) is 5.02. The van der Waals surface area contributed by atoms with Gasteiger partial charge in [-0.15, -0.1) is 0 Å². The van der Waals surface area contributed by atoms with Crippen molar-refractivity contribution in [3.05, 3.63) is 29.8 Å². The van der Waals surface area contributed by atoms with Crippen LogP contribution in [0.25, 0.3) is 0 Å². The zero-order chi connectivity index (χ0) is 15.5. The van der Waals surface area contributed by atoms with Crippen LogP contribution in [-0.4, -0.2) is 44.7 Å². The van der Waals surface area contributed by atoms with E-state index in [9.17, 15) is 18.0 Å². The third kappa shape index (κ3) is 3.64. The van der Waals surface area contributed by atoms with Crippen molar-refractivity contribution < 1.29 is 22.7 Å². The fourth-order valence-corrected chi connectivity index (χ4v) is 2.19. The molecule has 1 aromatic rings. The van der Waals surface area contributed by atoms with Crippen molar-refractivity contribution in [3.63, 3.8) is 0 Å². The van der Waals surface area contributed by atoms with Gasteiger partial charge in [-0.3, -0.25) is 4.79 Å². The fraction of sp³-hybridized carbons (Fsp3) is 0.385. The third-order valence-electron chi connectivity index (χ3n) is 2.72. The lowest BCUT2D eigenvalue weighted by molar-refractivity contribution is -0.124. The van der Waals surface area contributed by atoms with Crippen molar-refractivity contribution in [3.8, 4) is 0 Å². The van der Waals surface area contributed by atoms with Crippen LogP contribution in [0, 0.1) is 0 Å². The first-order valence-electron chi connectivity index (χ1n) is 5.90. The maximum absolute atomic E-state index is 11.8. The topological polar surface area (TPSA) is 80.8 Å². The van der Waals surface area contributed by atoms with Crippen LogP contribution in [0.1, 0.15) is 24.2 Å². The van der Waals surface area contributed by atoms with Crippen LogP contribution in [-0.2, 0) is 19.6 Å². The zero-order valence-electron chi connectivity index (χ0n) is 11.8. The fourth-order valence-electron chi connectivity index (χ4n) is 1.29. The number of hydrogen-bond acceptors (Lipinski definition) is 5. The molecule has 1 aromatic carbocycles. The summed E-state index contributed by atoms with van der Waals surface area (Å²) in [5, 5.41) is 0. The molecule has 0 spiro atoms. The van der Waals surface area contributed by atoms with Crippen molar-refractivity contribution in [2.75, 3.05) is 14.1 Å². The summed E-state index contributed by atoms with van der Waals surface area (Å²) in [4.78, 5) is 22.8. The molecule has 0 N–H and O–H groups in total. The lowest BCUT2D eigenvalue weighted by Gasteiger charge is -2.12. The SMILES string of the molecule is CC(=O)[C@@H](C)OC(=O)c1ccc(S(=O)(=O)N(C)C)cc1. The zero-order valence-corrected chi connectivity index (χ0v) is 12.6. The van der Waals surface area contributed by atoms with Gasteiger partial charge in [0.15, 0.2) is 11.9 Å². The predicted molar refractivity (Wildman–Crippen MR) is 72.9 cm³/mol. The molecule has 110 valence electrons. The van der Waals surface area contributed by atoms with Gasteiger partial charge in [0.25, 0.3) is 0 Å². The molecule has 6 nitrogen and oxygen atoms in total. The number of carbonyl (C=O) groups is 2. The van der Waals surface area contributed by atoms with E-state index in [0.717, 1.165) is 4.31 Å². The quantitative estimate of drug-likeness (QED) is 0.760. The Bertz CT molecular complexity index is 604. The van der Waals surface area contributed by atoms with E-state index in [2.05, 4.69) is 0 Å². The highest BCUT2D eigenvalue weighted by Gasteiger charge is 2.19. The second kappa shape index (κ2) is 6.15. The molecule has 0 fully saturated rings. The summed E-state index contributed by atoms with van der Waals surface area (Å²) in [6.07, 6.45) is -0.826. The summed E-state index contributed by atoms with van der Waals surface area (Å²) in [7, 11) is -0.683. The number of nitrogens with zero attached hydrogens (tertiary/aromatic N) is 1. The molecule has 0 aliphatic rings. The summed E-state index contributed by atoms with van der Waals surface area (Å²) in [5.74, 6) is -0.924. The first-order chi connectivity index (χ1) is 9.16. The van der Waals surface area contributed by atoms with Crippen LogP contribution in [0.15, 0.2) is 29.2 Å². The Morgan fingerprint density at radius 3 is 2.05 bits per heavy atom. The molecule has 0 heterocycles. The van der Waals surface area contributed by atoms with Crippen molar-refractivity contribution in [1.29, 1.82) is 0 Å². The average molecular weight is 299 g/mol. The van der Waals surface area contributed by atoms with Crippen molar-refractivity contribution >= 4 is 21.8 Å². The molecule has 1 atom stereocenters. The second-order valence-corrected chi connectivity index (χ2v) is 6.62. The summed E-state index contributed by atoms with van der Waals surface area (Å²) in [6, 6.07) is 5.35. The van der Waals surface area contributed by atoms with E-state index in [1.165, 1.54) is 52.2 Å². The molecule has 0 aromatic heterocycles. The van der Waals surface area contributed by atoms with Crippen molar-refractivity contribution in [2.24, 2.45) is 0 Å². The van der Waals surface area contributed by atoms with Gasteiger partial charge in [-0.05, 0) is 38.1 Å². The highest BCUT2D eigenvalue weighted by atomic mass is 32.2. The molecule has 0 aliphatic carbocycles. The molecule has 0 amide bonds. The van der Waals surface area contributed by atoms with Gasteiger partial charge in [0, 0.05) is 14.1 Å². The Balaban J connectivity index is 2.92. The molecule has 1 rings (SSSR count). The van der Waals surface area contributed by atoms with Gasteiger partial charge in [0.2, 0.25) is 10.0 Å². The highest BCUT2D eigenvalue weighted by molar-refractivity contribution is 7.89. The van der Waals surface area contributed by atoms with Crippen molar-refractivity contribution in [2.45, 2.75) is 24.8 Å². The molecule has 20 heavy (non-hydrogen) atoms. The largest absolute Gasteiger partial charge is 0.451 e. The summed E-state index contributed by atoms with van der Waals surface area (Å²) < 4.78 is 29.7. The van der Waals surface area contributed by atoms with Gasteiger partial charge in [-0.1, -0.05) is 0 Å². The Hall–Kier alpha value is -1.73. The Morgan fingerprint density at radius 2 is 1.65 bits per heavy atom. The number of ether oxygens (including phenoxy) is 1. The molecule has 7 heteroatoms. The highest BCUT2D eigenvalue weighted by Crippen LogP contribution is 2.15. The van der Waals surface area contributed by atoms with Crippen molar-refractivity contribution in [1.82, 2.24) is 4.31 Å². The van der Waals surface area contributed by atoms with E-state index >= 15 is 0 Å². The van der Waals surface area contributed by atoms with Crippen LogP contribution in [0.4, 0.5) is 0 Å². The van der Waals surface area contributed by atoms with Crippen LogP contribution < -0.4 is 0 Å². The summed E-state index contributed by atoms with van der Waals surface area (Å²) in [5.41, 5.74) is 0.191. The minimum atomic E-state index is -3.53. The van der Waals surface area contributed by atoms with Crippen LogP contribution in [0.5, 0.6) is 0 Å². The summed E-state index contributed by atoms with van der Waals surface area (Å²) >= 11 is 0. The number of esters is 1. The first-order valence-corrected chi connectivity index (χ1v) is 7.34. The predicted octanol–water partition coefficient (Wildman–Crippen LogP) is 1.07. The van der Waals surface area contributed by atoms with E-state index in [1.807, 2.05) is 0 Å². The van der Waals surface area contributed by atoms with Gasteiger partial charge in [-0.25, -0.2) is 17.5 Å². The summed E-state index contributed by atoms with van der Waals surface area (Å²) in [6.45, 7) is 2.80. The number of carbonyl (C=O) groups excluding carboxylic acids is 2. The average Bonchev–Trinajstić information content (AvgIpc) is 2.38. The molecular formula is C13H17NO5S. The lowest BCUT2D eigenvalue weighted by Crippen LogP contribution is -2.23. The molecule has 0 aliphatic heterocycles. The van der Waals surface area contributed by atoms with E-state index < -0.39 is 22.1 Å². The molecule has 0 saturated carbocycles. The Morgan fingerprint density at radius 1 is 1.15 bits per heavy atom. The second-order valence-electron chi connectivity index (χ2n) is 4.47. The standard InChI is InChI=1S/C13H17NO5S/c1-9(15)10(2)19-13(16)11-5-7-12(8-6-11)20(17,18)14(3)4/h5-8,10H,1-4H3/t10-/m1/s1. The number of rotatable bonds is 5. The van der Waals surface area contributed by atoms with Crippen LogP contribution in [0.3, 0.4) is 0 Å². The van der Waals surface area contributed by atoms with Gasteiger partial charge in [-0.2, -0.15) is 0 Å². The van der Waals surface area contributed by atoms with E-state index in [1.54, 1.807) is 0 Å². The number of sulfonamides is 1. The van der Waals surface area contributed by atoms with Gasteiger partial charge < -0.3 is 4.74 Å². The molecule has 0 bridgehead atoms. The maximum Gasteiger partial charge on any atom is 0.338 e. The normalized spacial score (nSPS) is 13.1. The number of hydrogen-bond donors (Lipinski definition) is 0. The lowest BCUT2D eigenvalue weighted by atomic mass is 10.2.